The second-order valence-corrected chi connectivity index (χ2v) is 4.33. The Hall–Kier alpha value is -0.120. The van der Waals surface area contributed by atoms with Crippen LogP contribution in [0, 0.1) is 0 Å². The van der Waals surface area contributed by atoms with Gasteiger partial charge < -0.3 is 5.11 Å². The van der Waals surface area contributed by atoms with Crippen molar-refractivity contribution in [3.8, 4) is 0 Å². The van der Waals surface area contributed by atoms with Crippen LogP contribution in [0.3, 0.4) is 0 Å². The molecule has 0 spiro atoms. The van der Waals surface area contributed by atoms with Gasteiger partial charge in [-0.05, 0) is 19.8 Å². The summed E-state index contributed by atoms with van der Waals surface area (Å²) in [5.74, 6) is 0. The van der Waals surface area contributed by atoms with Crippen LogP contribution in [-0.4, -0.2) is 59.8 Å². The third-order valence-electron chi connectivity index (χ3n) is 3.25. The Bertz CT molecular complexity index is 170. The van der Waals surface area contributed by atoms with Gasteiger partial charge >= 0.3 is 0 Å². The number of β-amino-alcohol motifs (C(OH)–C–C–N with tert-alkyl or cyclic N) is 1. The molecule has 13 heavy (non-hydrogen) atoms. The Morgan fingerprint density at radius 2 is 2.08 bits per heavy atom. The van der Waals surface area contributed by atoms with E-state index in [1.807, 2.05) is 0 Å². The zero-order valence-corrected chi connectivity index (χ0v) is 8.45. The van der Waals surface area contributed by atoms with Crippen molar-refractivity contribution in [3.05, 3.63) is 0 Å². The number of aliphatic hydroxyl groups excluding tert-OH is 1. The molecular formula is C10H20N2O. The van der Waals surface area contributed by atoms with E-state index in [-0.39, 0.29) is 0 Å². The molecule has 1 N–H and O–H groups in total. The van der Waals surface area contributed by atoms with Gasteiger partial charge in [0.25, 0.3) is 0 Å². The fourth-order valence-corrected chi connectivity index (χ4v) is 2.26. The summed E-state index contributed by atoms with van der Waals surface area (Å²) in [5, 5.41) is 8.87. The predicted molar refractivity (Wildman–Crippen MR) is 52.7 cm³/mol. The van der Waals surface area contributed by atoms with Gasteiger partial charge in [-0.15, -0.1) is 0 Å². The summed E-state index contributed by atoms with van der Waals surface area (Å²) in [6.07, 6.45) is 2.82. The van der Waals surface area contributed by atoms with Crippen LogP contribution in [0.5, 0.6) is 0 Å². The summed E-state index contributed by atoms with van der Waals surface area (Å²) < 4.78 is 0. The lowest BCUT2D eigenvalue weighted by Gasteiger charge is -2.39. The van der Waals surface area contributed by atoms with Crippen molar-refractivity contribution in [1.29, 1.82) is 0 Å². The van der Waals surface area contributed by atoms with E-state index < -0.39 is 0 Å². The maximum Gasteiger partial charge on any atom is 0.0558 e. The quantitative estimate of drug-likeness (QED) is 0.676. The summed E-state index contributed by atoms with van der Waals surface area (Å²) in [4.78, 5) is 5.00. The molecule has 2 fully saturated rings. The molecule has 1 saturated carbocycles. The Labute approximate surface area is 80.3 Å². The van der Waals surface area contributed by atoms with Gasteiger partial charge in [0, 0.05) is 38.3 Å². The lowest BCUT2D eigenvalue weighted by molar-refractivity contribution is 0.0645. The molecule has 3 nitrogen and oxygen atoms in total. The van der Waals surface area contributed by atoms with E-state index in [0.29, 0.717) is 12.6 Å². The van der Waals surface area contributed by atoms with Gasteiger partial charge in [-0.1, -0.05) is 0 Å². The Kier molecular flexibility index (Phi) is 2.86. The van der Waals surface area contributed by atoms with Gasteiger partial charge in [-0.25, -0.2) is 0 Å². The molecule has 1 aliphatic carbocycles. The summed E-state index contributed by atoms with van der Waals surface area (Å²) in [6.45, 7) is 6.95. The molecule has 1 saturated heterocycles. The molecule has 1 unspecified atom stereocenters. The number of piperazine rings is 1. The normalized spacial score (nSPS) is 32.3. The Morgan fingerprint density at radius 1 is 1.31 bits per heavy atom. The maximum absolute atomic E-state index is 8.87. The molecule has 0 radical (unpaired) electrons. The molecule has 0 bridgehead atoms. The second kappa shape index (κ2) is 3.95. The molecule has 1 heterocycles. The maximum atomic E-state index is 8.87. The molecule has 2 rings (SSSR count). The lowest BCUT2D eigenvalue weighted by atomic mass is 10.2. The largest absolute Gasteiger partial charge is 0.395 e. The lowest BCUT2D eigenvalue weighted by Crippen LogP contribution is -2.53. The van der Waals surface area contributed by atoms with Crippen molar-refractivity contribution < 1.29 is 5.11 Å². The van der Waals surface area contributed by atoms with Crippen LogP contribution in [-0.2, 0) is 0 Å². The van der Waals surface area contributed by atoms with Crippen molar-refractivity contribution in [2.24, 2.45) is 0 Å². The van der Waals surface area contributed by atoms with Crippen LogP contribution in [0.15, 0.2) is 0 Å². The molecule has 1 aliphatic heterocycles. The molecule has 0 aromatic heterocycles. The molecule has 1 atom stereocenters. The average Bonchev–Trinajstić information content (AvgIpc) is 2.91. The third kappa shape index (κ3) is 2.22. The minimum atomic E-state index is 0.299. The zero-order valence-electron chi connectivity index (χ0n) is 8.45. The Morgan fingerprint density at radius 3 is 2.62 bits per heavy atom. The summed E-state index contributed by atoms with van der Waals surface area (Å²) >= 11 is 0. The second-order valence-electron chi connectivity index (χ2n) is 4.33. The van der Waals surface area contributed by atoms with Crippen molar-refractivity contribution in [2.75, 3.05) is 32.8 Å². The third-order valence-corrected chi connectivity index (χ3v) is 3.25. The van der Waals surface area contributed by atoms with Crippen molar-refractivity contribution in [3.63, 3.8) is 0 Å². The van der Waals surface area contributed by atoms with Gasteiger partial charge in [-0.3, -0.25) is 9.80 Å². The molecule has 0 aromatic carbocycles. The molecule has 2 aliphatic rings. The number of rotatable bonds is 3. The van der Waals surface area contributed by atoms with E-state index >= 15 is 0 Å². The van der Waals surface area contributed by atoms with Crippen LogP contribution in [0.4, 0.5) is 0 Å². The zero-order chi connectivity index (χ0) is 9.26. The van der Waals surface area contributed by atoms with E-state index in [2.05, 4.69) is 16.7 Å². The van der Waals surface area contributed by atoms with Crippen molar-refractivity contribution in [2.45, 2.75) is 31.8 Å². The monoisotopic (exact) mass is 184 g/mol. The fraction of sp³-hybridized carbons (Fsp3) is 1.00. The minimum absolute atomic E-state index is 0.299. The molecular weight excluding hydrogens is 164 g/mol. The van der Waals surface area contributed by atoms with Crippen LogP contribution in [0.1, 0.15) is 19.8 Å². The van der Waals surface area contributed by atoms with Gasteiger partial charge in [0.15, 0.2) is 0 Å². The molecule has 76 valence electrons. The highest BCUT2D eigenvalue weighted by molar-refractivity contribution is 4.90. The van der Waals surface area contributed by atoms with Crippen molar-refractivity contribution >= 4 is 0 Å². The first-order valence-corrected chi connectivity index (χ1v) is 5.40. The topological polar surface area (TPSA) is 26.7 Å². The minimum Gasteiger partial charge on any atom is -0.395 e. The number of aliphatic hydroxyl groups is 1. The Balaban J connectivity index is 1.80. The fourth-order valence-electron chi connectivity index (χ4n) is 2.26. The summed E-state index contributed by atoms with van der Waals surface area (Å²) in [5.41, 5.74) is 0. The standard InChI is InChI=1S/C10H20N2O/c1-9-8-12(10-2-3-10)5-4-11(9)6-7-13/h9-10,13H,2-8H2,1H3. The summed E-state index contributed by atoms with van der Waals surface area (Å²) in [6, 6.07) is 1.53. The van der Waals surface area contributed by atoms with E-state index in [4.69, 9.17) is 5.11 Å². The van der Waals surface area contributed by atoms with E-state index in [9.17, 15) is 0 Å². The van der Waals surface area contributed by atoms with Gasteiger partial charge in [0.2, 0.25) is 0 Å². The van der Waals surface area contributed by atoms with Crippen LogP contribution in [0.25, 0.3) is 0 Å². The summed E-state index contributed by atoms with van der Waals surface area (Å²) in [7, 11) is 0. The van der Waals surface area contributed by atoms with E-state index in [0.717, 1.165) is 19.1 Å². The van der Waals surface area contributed by atoms with Gasteiger partial charge in [0.1, 0.15) is 0 Å². The number of hydrogen-bond donors (Lipinski definition) is 1. The number of hydrogen-bond acceptors (Lipinski definition) is 3. The smallest absolute Gasteiger partial charge is 0.0558 e. The van der Waals surface area contributed by atoms with Crippen molar-refractivity contribution in [1.82, 2.24) is 9.80 Å². The molecule has 0 aromatic rings. The SMILES string of the molecule is CC1CN(C2CC2)CCN1CCO. The number of nitrogens with zero attached hydrogens (tertiary/aromatic N) is 2. The highest BCUT2D eigenvalue weighted by Gasteiger charge is 2.33. The average molecular weight is 184 g/mol. The highest BCUT2D eigenvalue weighted by Crippen LogP contribution is 2.28. The van der Waals surface area contributed by atoms with E-state index in [1.54, 1.807) is 0 Å². The first kappa shape index (κ1) is 9.44. The van der Waals surface area contributed by atoms with Crippen LogP contribution < -0.4 is 0 Å². The van der Waals surface area contributed by atoms with E-state index in [1.165, 1.54) is 25.9 Å². The van der Waals surface area contributed by atoms with Crippen LogP contribution >= 0.6 is 0 Å². The van der Waals surface area contributed by atoms with Crippen LogP contribution in [0.2, 0.25) is 0 Å². The molecule has 0 amide bonds. The first-order valence-electron chi connectivity index (χ1n) is 5.40. The predicted octanol–water partition coefficient (Wildman–Crippen LogP) is 0.147. The first-order chi connectivity index (χ1) is 6.31. The van der Waals surface area contributed by atoms with Gasteiger partial charge in [-0.2, -0.15) is 0 Å². The van der Waals surface area contributed by atoms with Gasteiger partial charge in [0.05, 0.1) is 6.61 Å². The molecule has 3 heteroatoms. The highest BCUT2D eigenvalue weighted by atomic mass is 16.3.